The van der Waals surface area contributed by atoms with Crippen LogP contribution in [0.4, 0.5) is 0 Å². The van der Waals surface area contributed by atoms with Gasteiger partial charge < -0.3 is 16.0 Å². The monoisotopic (exact) mass is 532 g/mol. The van der Waals surface area contributed by atoms with Crippen LogP contribution in [0.5, 0.6) is 0 Å². The third kappa shape index (κ3) is 8.20. The molecule has 1 aliphatic heterocycles. The van der Waals surface area contributed by atoms with Crippen molar-refractivity contribution in [3.05, 3.63) is 69.7 Å². The minimum Gasteiger partial charge on any atom is -0.350 e. The molecule has 2 aromatic carbocycles. The molecule has 1 saturated heterocycles. The van der Waals surface area contributed by atoms with E-state index in [2.05, 4.69) is 48.3 Å². The van der Waals surface area contributed by atoms with Gasteiger partial charge in [0.2, 0.25) is 11.8 Å². The molecule has 0 saturated carbocycles. The molecule has 0 aromatic heterocycles. The zero-order chi connectivity index (χ0) is 26.1. The third-order valence-electron chi connectivity index (χ3n) is 6.73. The Labute approximate surface area is 225 Å². The summed E-state index contributed by atoms with van der Waals surface area (Å²) >= 11 is 12.1. The molecule has 3 rings (SSSR count). The first kappa shape index (κ1) is 28.5. The zero-order valence-electron chi connectivity index (χ0n) is 21.3. The molecule has 0 spiro atoms. The van der Waals surface area contributed by atoms with Gasteiger partial charge in [-0.1, -0.05) is 73.4 Å². The van der Waals surface area contributed by atoms with E-state index in [1.807, 2.05) is 12.1 Å². The summed E-state index contributed by atoms with van der Waals surface area (Å²) in [5.74, 6) is 0.105. The second-order valence-electron chi connectivity index (χ2n) is 9.92. The van der Waals surface area contributed by atoms with Crippen molar-refractivity contribution >= 4 is 35.0 Å². The highest BCUT2D eigenvalue weighted by Crippen LogP contribution is 2.24. The molecule has 1 fully saturated rings. The Kier molecular flexibility index (Phi) is 11.1. The Bertz CT molecular complexity index is 1000. The number of carbonyl (C=O) groups is 2. The van der Waals surface area contributed by atoms with E-state index in [1.54, 1.807) is 17.0 Å². The summed E-state index contributed by atoms with van der Waals surface area (Å²) in [4.78, 5) is 30.8. The van der Waals surface area contributed by atoms with Crippen molar-refractivity contribution in [1.29, 1.82) is 0 Å². The summed E-state index contributed by atoms with van der Waals surface area (Å²) < 4.78 is 0. The number of halogens is 2. The molecule has 2 amide bonds. The predicted molar refractivity (Wildman–Crippen MR) is 147 cm³/mol. The molecule has 196 valence electrons. The number of hydrogen-bond acceptors (Lipinski definition) is 4. The molecule has 1 aliphatic rings. The van der Waals surface area contributed by atoms with Gasteiger partial charge in [-0.3, -0.25) is 14.5 Å². The van der Waals surface area contributed by atoms with Gasteiger partial charge in [0, 0.05) is 32.2 Å². The number of benzene rings is 2. The molecule has 0 bridgehead atoms. The SMILES string of the molecule is CC(C)C[C@H](C(=O)NCc1ccc(Cl)c(Cl)c1)N1CCC(CCc2ccccc2)N(CCN)CC1=O. The Morgan fingerprint density at radius 2 is 1.86 bits per heavy atom. The zero-order valence-corrected chi connectivity index (χ0v) is 22.8. The van der Waals surface area contributed by atoms with Crippen LogP contribution in [0, 0.1) is 5.92 Å². The number of carbonyl (C=O) groups excluding carboxylic acids is 2. The summed E-state index contributed by atoms with van der Waals surface area (Å²) in [6.45, 7) is 6.47. The molecule has 6 nitrogen and oxygen atoms in total. The predicted octanol–water partition coefficient (Wildman–Crippen LogP) is 4.52. The number of rotatable bonds is 11. The molecule has 2 aromatic rings. The molecule has 1 unspecified atom stereocenters. The topological polar surface area (TPSA) is 78.7 Å². The van der Waals surface area contributed by atoms with E-state index in [0.717, 1.165) is 24.8 Å². The number of hydrogen-bond donors (Lipinski definition) is 2. The van der Waals surface area contributed by atoms with Crippen LogP contribution in [-0.4, -0.2) is 59.9 Å². The first-order valence-corrected chi connectivity index (χ1v) is 13.5. The van der Waals surface area contributed by atoms with Crippen molar-refractivity contribution < 1.29 is 9.59 Å². The fraction of sp³-hybridized carbons (Fsp3) is 0.500. The van der Waals surface area contributed by atoms with Crippen LogP contribution in [0.3, 0.4) is 0 Å². The Hall–Kier alpha value is -2.12. The summed E-state index contributed by atoms with van der Waals surface area (Å²) in [5.41, 5.74) is 8.05. The highest BCUT2D eigenvalue weighted by Gasteiger charge is 2.35. The van der Waals surface area contributed by atoms with E-state index in [4.69, 9.17) is 28.9 Å². The van der Waals surface area contributed by atoms with Crippen LogP contribution in [-0.2, 0) is 22.6 Å². The lowest BCUT2D eigenvalue weighted by molar-refractivity contribution is -0.141. The lowest BCUT2D eigenvalue weighted by atomic mass is 9.99. The van der Waals surface area contributed by atoms with Crippen molar-refractivity contribution in [3.8, 4) is 0 Å². The van der Waals surface area contributed by atoms with E-state index in [9.17, 15) is 9.59 Å². The average Bonchev–Trinajstić information content (AvgIpc) is 3.00. The summed E-state index contributed by atoms with van der Waals surface area (Å²) in [5, 5.41) is 3.94. The molecule has 8 heteroatoms. The largest absolute Gasteiger partial charge is 0.350 e. The van der Waals surface area contributed by atoms with Gasteiger partial charge in [0.15, 0.2) is 0 Å². The second kappa shape index (κ2) is 14.0. The van der Waals surface area contributed by atoms with Crippen molar-refractivity contribution in [2.24, 2.45) is 11.7 Å². The summed E-state index contributed by atoms with van der Waals surface area (Å²) in [7, 11) is 0. The minimum atomic E-state index is -0.520. The highest BCUT2D eigenvalue weighted by atomic mass is 35.5. The average molecular weight is 534 g/mol. The smallest absolute Gasteiger partial charge is 0.243 e. The first-order valence-electron chi connectivity index (χ1n) is 12.8. The molecule has 0 aliphatic carbocycles. The van der Waals surface area contributed by atoms with Crippen molar-refractivity contribution in [2.45, 2.75) is 58.2 Å². The fourth-order valence-electron chi connectivity index (χ4n) is 4.83. The molecule has 0 radical (unpaired) electrons. The molecular formula is C28H38Cl2N4O2. The van der Waals surface area contributed by atoms with Crippen molar-refractivity contribution in [2.75, 3.05) is 26.2 Å². The Balaban J connectivity index is 1.71. The fourth-order valence-corrected chi connectivity index (χ4v) is 5.15. The Morgan fingerprint density at radius 1 is 1.11 bits per heavy atom. The van der Waals surface area contributed by atoms with Gasteiger partial charge in [-0.25, -0.2) is 0 Å². The molecular weight excluding hydrogens is 495 g/mol. The number of amides is 2. The third-order valence-corrected chi connectivity index (χ3v) is 7.47. The minimum absolute atomic E-state index is 0.0130. The van der Waals surface area contributed by atoms with Crippen LogP contribution < -0.4 is 11.1 Å². The normalized spacial score (nSPS) is 17.8. The van der Waals surface area contributed by atoms with Gasteiger partial charge in [0.05, 0.1) is 16.6 Å². The number of nitrogens with one attached hydrogen (secondary N) is 1. The van der Waals surface area contributed by atoms with Gasteiger partial charge in [-0.05, 0) is 54.9 Å². The van der Waals surface area contributed by atoms with E-state index in [-0.39, 0.29) is 30.3 Å². The lowest BCUT2D eigenvalue weighted by Crippen LogP contribution is -2.51. The molecule has 3 N–H and O–H groups in total. The van der Waals surface area contributed by atoms with Gasteiger partial charge in [0.25, 0.3) is 0 Å². The standard InChI is InChI=1S/C28H38Cl2N4O2/c1-20(2)16-26(28(36)32-18-22-9-11-24(29)25(30)17-22)34-14-12-23(33(15-13-31)19-27(34)35)10-8-21-6-4-3-5-7-21/h3-7,9,11,17,20,23,26H,8,10,12-16,18-19,31H2,1-2H3,(H,32,36)/t23?,26-/m1/s1. The number of nitrogens with two attached hydrogens (primary N) is 1. The van der Waals surface area contributed by atoms with Gasteiger partial charge >= 0.3 is 0 Å². The molecule has 36 heavy (non-hydrogen) atoms. The first-order chi connectivity index (χ1) is 17.3. The van der Waals surface area contributed by atoms with Crippen LogP contribution >= 0.6 is 23.2 Å². The van der Waals surface area contributed by atoms with E-state index in [1.165, 1.54) is 5.56 Å². The Morgan fingerprint density at radius 3 is 2.53 bits per heavy atom. The van der Waals surface area contributed by atoms with Crippen LogP contribution in [0.2, 0.25) is 10.0 Å². The maximum absolute atomic E-state index is 13.4. The van der Waals surface area contributed by atoms with E-state index in [0.29, 0.717) is 42.6 Å². The van der Waals surface area contributed by atoms with E-state index >= 15 is 0 Å². The van der Waals surface area contributed by atoms with Crippen LogP contribution in [0.25, 0.3) is 0 Å². The van der Waals surface area contributed by atoms with Crippen LogP contribution in [0.15, 0.2) is 48.5 Å². The molecule has 2 atom stereocenters. The van der Waals surface area contributed by atoms with Gasteiger partial charge in [0.1, 0.15) is 6.04 Å². The van der Waals surface area contributed by atoms with E-state index < -0.39 is 6.04 Å². The second-order valence-corrected chi connectivity index (χ2v) is 10.7. The van der Waals surface area contributed by atoms with Gasteiger partial charge in [-0.15, -0.1) is 0 Å². The maximum Gasteiger partial charge on any atom is 0.243 e. The summed E-state index contributed by atoms with van der Waals surface area (Å²) in [6, 6.07) is 15.4. The summed E-state index contributed by atoms with van der Waals surface area (Å²) in [6.07, 6.45) is 3.31. The van der Waals surface area contributed by atoms with Crippen LogP contribution in [0.1, 0.15) is 44.2 Å². The number of nitrogens with zero attached hydrogens (tertiary/aromatic N) is 2. The lowest BCUT2D eigenvalue weighted by Gasteiger charge is -2.31. The maximum atomic E-state index is 13.4. The number of aryl methyl sites for hydroxylation is 1. The van der Waals surface area contributed by atoms with Gasteiger partial charge in [-0.2, -0.15) is 0 Å². The highest BCUT2D eigenvalue weighted by molar-refractivity contribution is 6.42. The molecule has 1 heterocycles. The van der Waals surface area contributed by atoms with Crippen molar-refractivity contribution in [1.82, 2.24) is 15.1 Å². The quantitative estimate of drug-likeness (QED) is 0.445. The van der Waals surface area contributed by atoms with Crippen molar-refractivity contribution in [3.63, 3.8) is 0 Å².